The van der Waals surface area contributed by atoms with E-state index in [1.807, 2.05) is 18.2 Å². The Kier molecular flexibility index (Phi) is 5.05. The molecule has 8 heteroatoms. The van der Waals surface area contributed by atoms with Gasteiger partial charge in [0.1, 0.15) is 17.2 Å². The molecule has 5 rings (SSSR count). The minimum Gasteiger partial charge on any atom is -0.507 e. The molecule has 8 nitrogen and oxygen atoms in total. The number of nitrogens with one attached hydrogen (secondary N) is 2. The highest BCUT2D eigenvalue weighted by Gasteiger charge is 2.28. The molecule has 0 radical (unpaired) electrons. The van der Waals surface area contributed by atoms with Crippen LogP contribution in [0.1, 0.15) is 31.2 Å². The molecule has 1 aliphatic heterocycles. The molecular formula is C23H25N5O3. The highest BCUT2D eigenvalue weighted by Crippen LogP contribution is 2.42. The predicted molar refractivity (Wildman–Crippen MR) is 117 cm³/mol. The van der Waals surface area contributed by atoms with Gasteiger partial charge in [0, 0.05) is 59.7 Å². The number of pyridine rings is 1. The van der Waals surface area contributed by atoms with Crippen LogP contribution in [0.5, 0.6) is 11.5 Å². The fourth-order valence-corrected chi connectivity index (χ4v) is 4.71. The van der Waals surface area contributed by atoms with Gasteiger partial charge in [-0.05, 0) is 37.5 Å². The number of amides is 1. The summed E-state index contributed by atoms with van der Waals surface area (Å²) in [5.74, 6) is 1.68. The third-order valence-electron chi connectivity index (χ3n) is 6.32. The van der Waals surface area contributed by atoms with Gasteiger partial charge < -0.3 is 20.5 Å². The summed E-state index contributed by atoms with van der Waals surface area (Å²) in [7, 11) is 1.68. The molecule has 31 heavy (non-hydrogen) atoms. The summed E-state index contributed by atoms with van der Waals surface area (Å²) < 4.78 is 5.55. The Morgan fingerprint density at radius 3 is 2.97 bits per heavy atom. The second kappa shape index (κ2) is 8.02. The molecule has 3 aromatic rings. The van der Waals surface area contributed by atoms with Crippen molar-refractivity contribution in [2.75, 3.05) is 19.0 Å². The largest absolute Gasteiger partial charge is 0.507 e. The number of carbonyl (C=O) groups excluding carboxylic acids is 1. The summed E-state index contributed by atoms with van der Waals surface area (Å²) in [6.45, 7) is 0.573. The van der Waals surface area contributed by atoms with Crippen molar-refractivity contribution in [3.8, 4) is 22.8 Å². The second-order valence-corrected chi connectivity index (χ2v) is 8.17. The Balaban J connectivity index is 1.50. The maximum Gasteiger partial charge on any atom is 0.222 e. The highest BCUT2D eigenvalue weighted by molar-refractivity contribution is 6.00. The minimum absolute atomic E-state index is 0.0125. The van der Waals surface area contributed by atoms with E-state index in [4.69, 9.17) is 4.74 Å². The predicted octanol–water partition coefficient (Wildman–Crippen LogP) is 3.05. The molecule has 1 fully saturated rings. The molecule has 0 saturated heterocycles. The highest BCUT2D eigenvalue weighted by atomic mass is 16.5. The smallest absolute Gasteiger partial charge is 0.222 e. The minimum atomic E-state index is 0.0125. The Bertz CT molecular complexity index is 1150. The molecule has 1 amide bonds. The number of aromatic hydroxyl groups is 1. The number of anilines is 1. The maximum absolute atomic E-state index is 12.1. The van der Waals surface area contributed by atoms with Crippen molar-refractivity contribution in [3.63, 3.8) is 0 Å². The summed E-state index contributed by atoms with van der Waals surface area (Å²) >= 11 is 0. The number of carbonyl (C=O) groups is 1. The number of phenolic OH excluding ortho intramolecular Hbond substituents is 1. The van der Waals surface area contributed by atoms with Crippen LogP contribution >= 0.6 is 0 Å². The number of hydrogen-bond donors (Lipinski definition) is 3. The van der Waals surface area contributed by atoms with Gasteiger partial charge in [0.05, 0.1) is 6.61 Å². The van der Waals surface area contributed by atoms with Gasteiger partial charge in [0.2, 0.25) is 5.91 Å². The van der Waals surface area contributed by atoms with Crippen molar-refractivity contribution >= 4 is 22.5 Å². The standard InChI is InChI=1S/C23H25N5O3/c1-24-23(30)13-3-2-4-14(11-13)26-22-18-12-25-9-7-15(18)20(27-28-22)17-5-6-19-16(21(17)29)8-10-31-19/h5-7,9,12-14,29H,2-4,8,10-11H2,1H3,(H,24,30)(H,26,28)/t13-,14+/m0/s1. The van der Waals surface area contributed by atoms with Crippen molar-refractivity contribution in [1.29, 1.82) is 0 Å². The summed E-state index contributed by atoms with van der Waals surface area (Å²) in [6, 6.07) is 5.73. The SMILES string of the molecule is CNC(=O)[C@H]1CCC[C@@H](Nc2nnc(-c3ccc4c(c3O)CCO4)c3ccncc23)C1. The van der Waals surface area contributed by atoms with Gasteiger partial charge in [0.25, 0.3) is 0 Å². The fourth-order valence-electron chi connectivity index (χ4n) is 4.71. The summed E-state index contributed by atoms with van der Waals surface area (Å²) in [4.78, 5) is 16.4. The van der Waals surface area contributed by atoms with Crippen LogP contribution < -0.4 is 15.4 Å². The van der Waals surface area contributed by atoms with E-state index >= 15 is 0 Å². The van der Waals surface area contributed by atoms with Gasteiger partial charge >= 0.3 is 0 Å². The Hall–Kier alpha value is -3.42. The van der Waals surface area contributed by atoms with E-state index in [0.29, 0.717) is 30.1 Å². The number of benzene rings is 1. The first kappa shape index (κ1) is 19.5. The van der Waals surface area contributed by atoms with Crippen molar-refractivity contribution < 1.29 is 14.6 Å². The monoisotopic (exact) mass is 419 g/mol. The van der Waals surface area contributed by atoms with Gasteiger partial charge in [-0.25, -0.2) is 0 Å². The van der Waals surface area contributed by atoms with Gasteiger partial charge in [0.15, 0.2) is 5.82 Å². The average Bonchev–Trinajstić information content (AvgIpc) is 3.29. The third kappa shape index (κ3) is 3.52. The van der Waals surface area contributed by atoms with Crippen molar-refractivity contribution in [2.45, 2.75) is 38.1 Å². The van der Waals surface area contributed by atoms with Crippen LogP contribution in [0.3, 0.4) is 0 Å². The Morgan fingerprint density at radius 1 is 1.19 bits per heavy atom. The van der Waals surface area contributed by atoms with E-state index in [0.717, 1.165) is 47.8 Å². The molecule has 3 heterocycles. The molecule has 0 bridgehead atoms. The number of phenols is 1. The third-order valence-corrected chi connectivity index (χ3v) is 6.32. The van der Waals surface area contributed by atoms with Crippen LogP contribution in [0.4, 0.5) is 5.82 Å². The molecule has 160 valence electrons. The lowest BCUT2D eigenvalue weighted by atomic mass is 9.85. The molecule has 3 N–H and O–H groups in total. The van der Waals surface area contributed by atoms with E-state index < -0.39 is 0 Å². The summed E-state index contributed by atoms with van der Waals surface area (Å²) in [6.07, 6.45) is 7.79. The van der Waals surface area contributed by atoms with Crippen LogP contribution in [-0.2, 0) is 11.2 Å². The zero-order chi connectivity index (χ0) is 21.4. The van der Waals surface area contributed by atoms with Crippen molar-refractivity contribution in [1.82, 2.24) is 20.5 Å². The van der Waals surface area contributed by atoms with Gasteiger partial charge in [-0.2, -0.15) is 0 Å². The number of nitrogens with zero attached hydrogens (tertiary/aromatic N) is 3. The Labute approximate surface area is 180 Å². The number of rotatable bonds is 4. The molecule has 0 unspecified atom stereocenters. The van der Waals surface area contributed by atoms with E-state index in [1.165, 1.54) is 0 Å². The number of aromatic nitrogens is 3. The van der Waals surface area contributed by atoms with E-state index in [-0.39, 0.29) is 23.6 Å². The first-order chi connectivity index (χ1) is 15.2. The quantitative estimate of drug-likeness (QED) is 0.596. The normalized spacial score (nSPS) is 20.2. The zero-order valence-corrected chi connectivity index (χ0v) is 17.4. The number of hydrogen-bond acceptors (Lipinski definition) is 7. The van der Waals surface area contributed by atoms with Crippen LogP contribution in [0.15, 0.2) is 30.6 Å². The summed E-state index contributed by atoms with van der Waals surface area (Å²) in [5, 5.41) is 27.7. The molecule has 1 aromatic carbocycles. The van der Waals surface area contributed by atoms with Crippen LogP contribution in [0, 0.1) is 5.92 Å². The lowest BCUT2D eigenvalue weighted by Crippen LogP contribution is -2.36. The van der Waals surface area contributed by atoms with E-state index in [9.17, 15) is 9.90 Å². The van der Waals surface area contributed by atoms with Crippen molar-refractivity contribution in [2.24, 2.45) is 5.92 Å². The van der Waals surface area contributed by atoms with Gasteiger partial charge in [-0.1, -0.05) is 6.42 Å². The molecule has 2 atom stereocenters. The molecular weight excluding hydrogens is 394 g/mol. The lowest BCUT2D eigenvalue weighted by molar-refractivity contribution is -0.125. The summed E-state index contributed by atoms with van der Waals surface area (Å²) in [5.41, 5.74) is 2.06. The zero-order valence-electron chi connectivity index (χ0n) is 17.4. The van der Waals surface area contributed by atoms with E-state index in [2.05, 4.69) is 25.8 Å². The number of ether oxygens (including phenoxy) is 1. The lowest BCUT2D eigenvalue weighted by Gasteiger charge is -2.29. The molecule has 0 spiro atoms. The Morgan fingerprint density at radius 2 is 2.10 bits per heavy atom. The molecule has 1 saturated carbocycles. The van der Waals surface area contributed by atoms with Crippen LogP contribution in [-0.4, -0.2) is 45.9 Å². The van der Waals surface area contributed by atoms with Crippen LogP contribution in [0.2, 0.25) is 0 Å². The topological polar surface area (TPSA) is 109 Å². The fraction of sp³-hybridized carbons (Fsp3) is 0.391. The maximum atomic E-state index is 12.1. The second-order valence-electron chi connectivity index (χ2n) is 8.17. The average molecular weight is 419 g/mol. The molecule has 2 aliphatic rings. The van der Waals surface area contributed by atoms with Crippen LogP contribution in [0.25, 0.3) is 22.0 Å². The van der Waals surface area contributed by atoms with Gasteiger partial charge in [-0.3, -0.25) is 9.78 Å². The molecule has 2 aromatic heterocycles. The van der Waals surface area contributed by atoms with Gasteiger partial charge in [-0.15, -0.1) is 10.2 Å². The van der Waals surface area contributed by atoms with Crippen molar-refractivity contribution in [3.05, 3.63) is 36.2 Å². The number of fused-ring (bicyclic) bond motifs is 2. The first-order valence-electron chi connectivity index (χ1n) is 10.7. The van der Waals surface area contributed by atoms with E-state index in [1.54, 1.807) is 19.4 Å². The first-order valence-corrected chi connectivity index (χ1v) is 10.7. The molecule has 1 aliphatic carbocycles.